The van der Waals surface area contributed by atoms with E-state index in [0.717, 1.165) is 31.0 Å². The van der Waals surface area contributed by atoms with Crippen molar-refractivity contribution in [1.82, 2.24) is 15.3 Å². The van der Waals surface area contributed by atoms with E-state index in [4.69, 9.17) is 0 Å². The molecule has 3 heteroatoms. The standard InChI is InChI=1S/C11H17N3/c1-8-10-5-9(6-12-2)3-4-11(10)14-7-13-8/h7,9,12H,3-6H2,1-2H3. The van der Waals surface area contributed by atoms with E-state index in [0.29, 0.717) is 0 Å². The molecule has 1 aromatic heterocycles. The third-order valence-corrected chi connectivity index (χ3v) is 3.03. The van der Waals surface area contributed by atoms with Crippen LogP contribution >= 0.6 is 0 Å². The van der Waals surface area contributed by atoms with Gasteiger partial charge in [0.1, 0.15) is 6.33 Å². The van der Waals surface area contributed by atoms with Crippen LogP contribution < -0.4 is 5.32 Å². The molecule has 1 aliphatic carbocycles. The minimum absolute atomic E-state index is 0.761. The Hall–Kier alpha value is -0.960. The Morgan fingerprint density at radius 1 is 1.50 bits per heavy atom. The number of aromatic nitrogens is 2. The second kappa shape index (κ2) is 4.05. The van der Waals surface area contributed by atoms with Gasteiger partial charge in [0, 0.05) is 11.4 Å². The fourth-order valence-electron chi connectivity index (χ4n) is 2.23. The van der Waals surface area contributed by atoms with Gasteiger partial charge in [0.2, 0.25) is 0 Å². The molecule has 0 amide bonds. The van der Waals surface area contributed by atoms with Crippen molar-refractivity contribution in [2.24, 2.45) is 5.92 Å². The highest BCUT2D eigenvalue weighted by atomic mass is 14.9. The van der Waals surface area contributed by atoms with Crippen LogP contribution in [0.3, 0.4) is 0 Å². The normalized spacial score (nSPS) is 20.6. The van der Waals surface area contributed by atoms with Crippen molar-refractivity contribution in [2.75, 3.05) is 13.6 Å². The van der Waals surface area contributed by atoms with E-state index in [-0.39, 0.29) is 0 Å². The molecule has 1 atom stereocenters. The maximum Gasteiger partial charge on any atom is 0.115 e. The lowest BCUT2D eigenvalue weighted by atomic mass is 9.86. The molecule has 76 valence electrons. The van der Waals surface area contributed by atoms with Gasteiger partial charge in [-0.2, -0.15) is 0 Å². The molecule has 1 aromatic rings. The molecule has 3 nitrogen and oxygen atoms in total. The highest BCUT2D eigenvalue weighted by Gasteiger charge is 2.20. The number of fused-ring (bicyclic) bond motifs is 1. The van der Waals surface area contributed by atoms with Crippen LogP contribution in [0.25, 0.3) is 0 Å². The second-order valence-corrected chi connectivity index (χ2v) is 4.05. The fourth-order valence-corrected chi connectivity index (χ4v) is 2.23. The second-order valence-electron chi connectivity index (χ2n) is 4.05. The van der Waals surface area contributed by atoms with Crippen molar-refractivity contribution in [3.63, 3.8) is 0 Å². The van der Waals surface area contributed by atoms with Crippen LogP contribution in [-0.4, -0.2) is 23.6 Å². The SMILES string of the molecule is CNCC1CCc2ncnc(C)c2C1. The topological polar surface area (TPSA) is 37.8 Å². The maximum absolute atomic E-state index is 4.34. The minimum Gasteiger partial charge on any atom is -0.319 e. The van der Waals surface area contributed by atoms with Crippen LogP contribution in [0.2, 0.25) is 0 Å². The van der Waals surface area contributed by atoms with E-state index in [9.17, 15) is 0 Å². The van der Waals surface area contributed by atoms with Gasteiger partial charge >= 0.3 is 0 Å². The van der Waals surface area contributed by atoms with Gasteiger partial charge in [-0.15, -0.1) is 0 Å². The molecule has 0 bridgehead atoms. The quantitative estimate of drug-likeness (QED) is 0.761. The Morgan fingerprint density at radius 3 is 3.14 bits per heavy atom. The summed E-state index contributed by atoms with van der Waals surface area (Å²) in [5, 5.41) is 3.25. The summed E-state index contributed by atoms with van der Waals surface area (Å²) in [6.45, 7) is 3.19. The molecule has 0 radical (unpaired) electrons. The van der Waals surface area contributed by atoms with Crippen molar-refractivity contribution in [1.29, 1.82) is 0 Å². The first kappa shape index (κ1) is 9.59. The number of rotatable bonds is 2. The van der Waals surface area contributed by atoms with Gasteiger partial charge in [-0.3, -0.25) is 0 Å². The molecule has 0 saturated carbocycles. The van der Waals surface area contributed by atoms with Gasteiger partial charge in [0.25, 0.3) is 0 Å². The van der Waals surface area contributed by atoms with Crippen molar-refractivity contribution in [3.8, 4) is 0 Å². The van der Waals surface area contributed by atoms with Crippen LogP contribution in [-0.2, 0) is 12.8 Å². The summed E-state index contributed by atoms with van der Waals surface area (Å²) >= 11 is 0. The number of hydrogen-bond donors (Lipinski definition) is 1. The first-order chi connectivity index (χ1) is 6.81. The predicted molar refractivity (Wildman–Crippen MR) is 56.2 cm³/mol. The third-order valence-electron chi connectivity index (χ3n) is 3.03. The number of nitrogens with one attached hydrogen (secondary N) is 1. The Labute approximate surface area is 85.0 Å². The van der Waals surface area contributed by atoms with Crippen LogP contribution in [0.1, 0.15) is 23.4 Å². The van der Waals surface area contributed by atoms with E-state index in [1.165, 1.54) is 17.7 Å². The summed E-state index contributed by atoms with van der Waals surface area (Å²) in [6, 6.07) is 0. The summed E-state index contributed by atoms with van der Waals surface area (Å²) in [7, 11) is 2.02. The first-order valence-electron chi connectivity index (χ1n) is 5.25. The zero-order valence-electron chi connectivity index (χ0n) is 8.88. The summed E-state index contributed by atoms with van der Waals surface area (Å²) in [5.74, 6) is 0.761. The summed E-state index contributed by atoms with van der Waals surface area (Å²) < 4.78 is 0. The van der Waals surface area contributed by atoms with Crippen molar-refractivity contribution < 1.29 is 0 Å². The fraction of sp³-hybridized carbons (Fsp3) is 0.636. The molecule has 14 heavy (non-hydrogen) atoms. The summed E-state index contributed by atoms with van der Waals surface area (Å²) in [4.78, 5) is 8.60. The maximum atomic E-state index is 4.34. The van der Waals surface area contributed by atoms with Crippen molar-refractivity contribution >= 4 is 0 Å². The van der Waals surface area contributed by atoms with Crippen LogP contribution in [0.5, 0.6) is 0 Å². The Balaban J connectivity index is 2.20. The largest absolute Gasteiger partial charge is 0.319 e. The number of hydrogen-bond acceptors (Lipinski definition) is 3. The average Bonchev–Trinajstić information content (AvgIpc) is 2.20. The van der Waals surface area contributed by atoms with Gasteiger partial charge in [0.15, 0.2) is 0 Å². The van der Waals surface area contributed by atoms with Crippen LogP contribution in [0.4, 0.5) is 0 Å². The highest BCUT2D eigenvalue weighted by Crippen LogP contribution is 2.24. The van der Waals surface area contributed by atoms with Gasteiger partial charge in [-0.1, -0.05) is 0 Å². The average molecular weight is 191 g/mol. The van der Waals surface area contributed by atoms with Gasteiger partial charge < -0.3 is 5.32 Å². The monoisotopic (exact) mass is 191 g/mol. The van der Waals surface area contributed by atoms with E-state index in [1.807, 2.05) is 7.05 Å². The molecule has 0 aliphatic heterocycles. The van der Waals surface area contributed by atoms with E-state index < -0.39 is 0 Å². The molecule has 1 heterocycles. The Kier molecular flexibility index (Phi) is 2.77. The van der Waals surface area contributed by atoms with Crippen molar-refractivity contribution in [3.05, 3.63) is 23.3 Å². The summed E-state index contributed by atoms with van der Waals surface area (Å²) in [6.07, 6.45) is 5.20. The lowest BCUT2D eigenvalue weighted by Crippen LogP contribution is -2.26. The Morgan fingerprint density at radius 2 is 2.36 bits per heavy atom. The van der Waals surface area contributed by atoms with Gasteiger partial charge in [-0.25, -0.2) is 9.97 Å². The smallest absolute Gasteiger partial charge is 0.115 e. The van der Waals surface area contributed by atoms with Gasteiger partial charge in [-0.05, 0) is 51.3 Å². The molecule has 0 spiro atoms. The zero-order valence-corrected chi connectivity index (χ0v) is 8.88. The third kappa shape index (κ3) is 1.77. The van der Waals surface area contributed by atoms with E-state index in [2.05, 4.69) is 22.2 Å². The van der Waals surface area contributed by atoms with Gasteiger partial charge in [0.05, 0.1) is 0 Å². The zero-order chi connectivity index (χ0) is 9.97. The minimum atomic E-state index is 0.761. The molecule has 0 aromatic carbocycles. The highest BCUT2D eigenvalue weighted by molar-refractivity contribution is 5.26. The molecule has 1 N–H and O–H groups in total. The molecular formula is C11H17N3. The molecule has 2 rings (SSSR count). The van der Waals surface area contributed by atoms with E-state index >= 15 is 0 Å². The van der Waals surface area contributed by atoms with E-state index in [1.54, 1.807) is 6.33 Å². The van der Waals surface area contributed by atoms with Crippen LogP contribution in [0, 0.1) is 12.8 Å². The summed E-state index contributed by atoms with van der Waals surface area (Å²) in [5.41, 5.74) is 3.82. The predicted octanol–water partition coefficient (Wildman–Crippen LogP) is 1.11. The lowest BCUT2D eigenvalue weighted by molar-refractivity contribution is 0.432. The molecular weight excluding hydrogens is 174 g/mol. The molecule has 1 aliphatic rings. The lowest BCUT2D eigenvalue weighted by Gasteiger charge is -2.24. The molecule has 1 unspecified atom stereocenters. The number of nitrogens with zero attached hydrogens (tertiary/aromatic N) is 2. The molecule has 0 saturated heterocycles. The molecule has 0 fully saturated rings. The number of aryl methyl sites for hydroxylation is 2. The Bertz CT molecular complexity index is 322. The first-order valence-corrected chi connectivity index (χ1v) is 5.25. The van der Waals surface area contributed by atoms with Crippen molar-refractivity contribution in [2.45, 2.75) is 26.2 Å². The van der Waals surface area contributed by atoms with Crippen LogP contribution in [0.15, 0.2) is 6.33 Å².